The Kier molecular flexibility index (Phi) is 5.02. The predicted molar refractivity (Wildman–Crippen MR) is 83.5 cm³/mol. The summed E-state index contributed by atoms with van der Waals surface area (Å²) in [5.41, 5.74) is 4.24. The lowest BCUT2D eigenvalue weighted by molar-refractivity contribution is -0.120. The minimum absolute atomic E-state index is 0.0437. The van der Waals surface area contributed by atoms with Crippen molar-refractivity contribution in [3.05, 3.63) is 35.1 Å². The van der Waals surface area contributed by atoms with Crippen LogP contribution in [0.15, 0.2) is 22.8 Å². The lowest BCUT2D eigenvalue weighted by Crippen LogP contribution is -2.26. The van der Waals surface area contributed by atoms with E-state index in [1.54, 1.807) is 6.26 Å². The average molecular weight is 289 g/mol. The number of furan rings is 1. The molecule has 0 spiro atoms. The summed E-state index contributed by atoms with van der Waals surface area (Å²) in [6.45, 7) is 7.00. The van der Waals surface area contributed by atoms with Gasteiger partial charge in [-0.1, -0.05) is 13.8 Å². The van der Waals surface area contributed by atoms with Crippen molar-refractivity contribution in [1.29, 1.82) is 0 Å². The highest BCUT2D eigenvalue weighted by atomic mass is 16.3. The number of rotatable bonds is 6. The SMILES string of the molecule is Cc1cc2occ(CC(=O)NCCCO)c2cc1C(C)C. The molecule has 0 atom stereocenters. The second-order valence-electron chi connectivity index (χ2n) is 5.72. The average Bonchev–Trinajstić information content (AvgIpc) is 2.80. The fourth-order valence-electron chi connectivity index (χ4n) is 2.55. The number of hydrogen-bond acceptors (Lipinski definition) is 3. The minimum atomic E-state index is -0.0437. The molecule has 2 N–H and O–H groups in total. The second kappa shape index (κ2) is 6.76. The topological polar surface area (TPSA) is 62.5 Å². The maximum Gasteiger partial charge on any atom is 0.224 e. The van der Waals surface area contributed by atoms with Crippen LogP contribution in [-0.4, -0.2) is 24.2 Å². The van der Waals surface area contributed by atoms with Gasteiger partial charge in [-0.05, 0) is 42.5 Å². The largest absolute Gasteiger partial charge is 0.464 e. The first kappa shape index (κ1) is 15.6. The van der Waals surface area contributed by atoms with Crippen LogP contribution in [0.1, 0.15) is 42.9 Å². The Morgan fingerprint density at radius 2 is 2.14 bits per heavy atom. The van der Waals surface area contributed by atoms with Crippen molar-refractivity contribution in [3.8, 4) is 0 Å². The van der Waals surface area contributed by atoms with Crippen molar-refractivity contribution in [1.82, 2.24) is 5.32 Å². The van der Waals surface area contributed by atoms with Gasteiger partial charge < -0.3 is 14.8 Å². The van der Waals surface area contributed by atoms with Crippen LogP contribution in [0.5, 0.6) is 0 Å². The molecule has 0 unspecified atom stereocenters. The van der Waals surface area contributed by atoms with E-state index in [4.69, 9.17) is 9.52 Å². The number of carbonyl (C=O) groups is 1. The highest BCUT2D eigenvalue weighted by Gasteiger charge is 2.13. The third-order valence-corrected chi connectivity index (χ3v) is 3.67. The van der Waals surface area contributed by atoms with Gasteiger partial charge in [-0.3, -0.25) is 4.79 Å². The Bertz CT molecular complexity index is 628. The smallest absolute Gasteiger partial charge is 0.224 e. The predicted octanol–water partition coefficient (Wildman–Crippen LogP) is 2.91. The van der Waals surface area contributed by atoms with Gasteiger partial charge in [0.15, 0.2) is 0 Å². The summed E-state index contributed by atoms with van der Waals surface area (Å²) in [5.74, 6) is 0.397. The summed E-state index contributed by atoms with van der Waals surface area (Å²) < 4.78 is 5.57. The Morgan fingerprint density at radius 3 is 2.81 bits per heavy atom. The number of aryl methyl sites for hydroxylation is 1. The van der Waals surface area contributed by atoms with Crippen molar-refractivity contribution in [2.45, 2.75) is 39.5 Å². The Balaban J connectivity index is 2.20. The van der Waals surface area contributed by atoms with E-state index >= 15 is 0 Å². The van der Waals surface area contributed by atoms with E-state index < -0.39 is 0 Å². The summed E-state index contributed by atoms with van der Waals surface area (Å²) in [5, 5.41) is 12.5. The van der Waals surface area contributed by atoms with Gasteiger partial charge in [0.2, 0.25) is 5.91 Å². The van der Waals surface area contributed by atoms with Gasteiger partial charge >= 0.3 is 0 Å². The normalized spacial score (nSPS) is 11.3. The van der Waals surface area contributed by atoms with Crippen LogP contribution in [0.3, 0.4) is 0 Å². The van der Waals surface area contributed by atoms with Crippen LogP contribution in [0.2, 0.25) is 0 Å². The summed E-state index contributed by atoms with van der Waals surface area (Å²) in [4.78, 5) is 11.9. The molecule has 1 amide bonds. The van der Waals surface area contributed by atoms with Crippen LogP contribution >= 0.6 is 0 Å². The Labute approximate surface area is 125 Å². The minimum Gasteiger partial charge on any atom is -0.464 e. The summed E-state index contributed by atoms with van der Waals surface area (Å²) in [7, 11) is 0. The van der Waals surface area contributed by atoms with Crippen LogP contribution in [-0.2, 0) is 11.2 Å². The number of benzene rings is 1. The van der Waals surface area contributed by atoms with E-state index in [0.29, 0.717) is 25.3 Å². The van der Waals surface area contributed by atoms with Crippen LogP contribution in [0, 0.1) is 6.92 Å². The third kappa shape index (κ3) is 3.64. The Morgan fingerprint density at radius 1 is 1.38 bits per heavy atom. The maximum atomic E-state index is 11.9. The van der Waals surface area contributed by atoms with Gasteiger partial charge in [-0.25, -0.2) is 0 Å². The molecule has 4 nitrogen and oxygen atoms in total. The molecule has 0 bridgehead atoms. The first-order valence-electron chi connectivity index (χ1n) is 7.41. The summed E-state index contributed by atoms with van der Waals surface area (Å²) in [6.07, 6.45) is 2.55. The number of aliphatic hydroxyl groups excluding tert-OH is 1. The number of amides is 1. The lowest BCUT2D eigenvalue weighted by atomic mass is 9.95. The number of fused-ring (bicyclic) bond motifs is 1. The summed E-state index contributed by atoms with van der Waals surface area (Å²) >= 11 is 0. The molecule has 0 saturated heterocycles. The van der Waals surface area contributed by atoms with Crippen molar-refractivity contribution in [2.24, 2.45) is 0 Å². The molecule has 0 fully saturated rings. The second-order valence-corrected chi connectivity index (χ2v) is 5.72. The number of aliphatic hydroxyl groups is 1. The first-order chi connectivity index (χ1) is 10.0. The monoisotopic (exact) mass is 289 g/mol. The van der Waals surface area contributed by atoms with Gasteiger partial charge in [0.25, 0.3) is 0 Å². The van der Waals surface area contributed by atoms with E-state index in [2.05, 4.69) is 32.2 Å². The van der Waals surface area contributed by atoms with Gasteiger partial charge in [0, 0.05) is 24.1 Å². The van der Waals surface area contributed by atoms with Gasteiger partial charge in [-0.15, -0.1) is 0 Å². The molecule has 21 heavy (non-hydrogen) atoms. The molecule has 1 aromatic heterocycles. The quantitative estimate of drug-likeness (QED) is 0.804. The van der Waals surface area contributed by atoms with E-state index in [1.165, 1.54) is 11.1 Å². The molecule has 0 aliphatic heterocycles. The molecule has 2 aromatic rings. The highest BCUT2D eigenvalue weighted by molar-refractivity contribution is 5.88. The van der Waals surface area contributed by atoms with Crippen LogP contribution < -0.4 is 5.32 Å². The molecule has 2 rings (SSSR count). The molecule has 0 saturated carbocycles. The zero-order valence-corrected chi connectivity index (χ0v) is 12.9. The number of carbonyl (C=O) groups excluding carboxylic acids is 1. The first-order valence-corrected chi connectivity index (χ1v) is 7.41. The lowest BCUT2D eigenvalue weighted by Gasteiger charge is -2.10. The standard InChI is InChI=1S/C17H23NO3/c1-11(2)14-9-15-13(8-17(20)18-5-4-6-19)10-21-16(15)7-12(14)3/h7,9-11,19H,4-6,8H2,1-3H3,(H,18,20). The summed E-state index contributed by atoms with van der Waals surface area (Å²) in [6, 6.07) is 4.17. The van der Waals surface area contributed by atoms with Crippen molar-refractivity contribution in [2.75, 3.05) is 13.2 Å². The molecule has 0 aliphatic rings. The van der Waals surface area contributed by atoms with Crippen LogP contribution in [0.25, 0.3) is 11.0 Å². The van der Waals surface area contributed by atoms with Crippen molar-refractivity contribution < 1.29 is 14.3 Å². The fourth-order valence-corrected chi connectivity index (χ4v) is 2.55. The van der Waals surface area contributed by atoms with E-state index in [1.807, 2.05) is 6.07 Å². The molecule has 0 aliphatic carbocycles. The molecule has 1 aromatic carbocycles. The third-order valence-electron chi connectivity index (χ3n) is 3.67. The van der Waals surface area contributed by atoms with E-state index in [-0.39, 0.29) is 12.5 Å². The van der Waals surface area contributed by atoms with Gasteiger partial charge in [-0.2, -0.15) is 0 Å². The molecule has 0 radical (unpaired) electrons. The van der Waals surface area contributed by atoms with E-state index in [9.17, 15) is 4.79 Å². The molecular weight excluding hydrogens is 266 g/mol. The van der Waals surface area contributed by atoms with Crippen molar-refractivity contribution >= 4 is 16.9 Å². The fraction of sp³-hybridized carbons (Fsp3) is 0.471. The molecule has 4 heteroatoms. The number of hydrogen-bond donors (Lipinski definition) is 2. The van der Waals surface area contributed by atoms with Crippen molar-refractivity contribution in [3.63, 3.8) is 0 Å². The molecule has 114 valence electrons. The molecular formula is C17H23NO3. The number of nitrogens with one attached hydrogen (secondary N) is 1. The Hall–Kier alpha value is -1.81. The zero-order chi connectivity index (χ0) is 15.4. The van der Waals surface area contributed by atoms with Gasteiger partial charge in [0.05, 0.1) is 12.7 Å². The van der Waals surface area contributed by atoms with Crippen LogP contribution in [0.4, 0.5) is 0 Å². The molecule has 1 heterocycles. The maximum absolute atomic E-state index is 11.9. The highest BCUT2D eigenvalue weighted by Crippen LogP contribution is 2.29. The van der Waals surface area contributed by atoms with Gasteiger partial charge in [0.1, 0.15) is 5.58 Å². The van der Waals surface area contributed by atoms with E-state index in [0.717, 1.165) is 16.5 Å². The zero-order valence-electron chi connectivity index (χ0n) is 12.9.